The van der Waals surface area contributed by atoms with Gasteiger partial charge >= 0.3 is 0 Å². The van der Waals surface area contributed by atoms with Crippen LogP contribution in [0.4, 0.5) is 0 Å². The Bertz CT molecular complexity index is 365. The molecule has 0 spiro atoms. The molecule has 0 fully saturated rings. The number of carbonyl (C=O) groups excluding carboxylic acids is 1. The Labute approximate surface area is 108 Å². The van der Waals surface area contributed by atoms with Crippen molar-refractivity contribution in [3.05, 3.63) is 35.4 Å². The molecule has 5 heteroatoms. The van der Waals surface area contributed by atoms with Gasteiger partial charge in [0.15, 0.2) is 0 Å². The summed E-state index contributed by atoms with van der Waals surface area (Å²) in [6.45, 7) is 2.49. The Balaban J connectivity index is 2.47. The van der Waals surface area contributed by atoms with Gasteiger partial charge in [0.2, 0.25) is 5.91 Å². The van der Waals surface area contributed by atoms with E-state index in [2.05, 4.69) is 17.4 Å². The number of hydrazine groups is 1. The van der Waals surface area contributed by atoms with Crippen LogP contribution in [0.5, 0.6) is 0 Å². The zero-order valence-corrected chi connectivity index (χ0v) is 11.0. The first-order valence-electron chi connectivity index (χ1n) is 5.90. The molecule has 0 aromatic heterocycles. The van der Waals surface area contributed by atoms with Gasteiger partial charge in [0.25, 0.3) is 0 Å². The summed E-state index contributed by atoms with van der Waals surface area (Å²) in [5.74, 6) is 4.86. The maximum absolute atomic E-state index is 11.1. The van der Waals surface area contributed by atoms with E-state index < -0.39 is 0 Å². The number of ether oxygens (including phenoxy) is 1. The van der Waals surface area contributed by atoms with Crippen LogP contribution in [0.2, 0.25) is 0 Å². The third-order valence-corrected chi connectivity index (χ3v) is 2.68. The molecule has 1 aromatic rings. The fraction of sp³-hybridized carbons (Fsp3) is 0.462. The summed E-state index contributed by atoms with van der Waals surface area (Å²) in [7, 11) is 3.75. The summed E-state index contributed by atoms with van der Waals surface area (Å²) in [6, 6.07) is 7.97. The second-order valence-electron chi connectivity index (χ2n) is 4.29. The maximum atomic E-state index is 11.1. The normalized spacial score (nSPS) is 10.7. The number of nitrogens with zero attached hydrogens (tertiary/aromatic N) is 1. The van der Waals surface area contributed by atoms with Gasteiger partial charge in [0.1, 0.15) is 0 Å². The van der Waals surface area contributed by atoms with Crippen LogP contribution in [-0.2, 0) is 22.5 Å². The monoisotopic (exact) mass is 251 g/mol. The van der Waals surface area contributed by atoms with Crippen LogP contribution < -0.4 is 11.3 Å². The third kappa shape index (κ3) is 5.27. The molecule has 0 unspecified atom stereocenters. The number of rotatable bonds is 7. The first-order chi connectivity index (χ1) is 8.65. The Hall–Kier alpha value is -1.43. The van der Waals surface area contributed by atoms with Gasteiger partial charge in [0.05, 0.1) is 13.0 Å². The Morgan fingerprint density at radius 3 is 2.50 bits per heavy atom. The highest BCUT2D eigenvalue weighted by molar-refractivity contribution is 5.77. The van der Waals surface area contributed by atoms with Gasteiger partial charge in [-0.05, 0) is 18.2 Å². The van der Waals surface area contributed by atoms with Gasteiger partial charge in [-0.3, -0.25) is 15.1 Å². The molecule has 1 amide bonds. The van der Waals surface area contributed by atoms with Crippen molar-refractivity contribution in [3.63, 3.8) is 0 Å². The third-order valence-electron chi connectivity index (χ3n) is 2.68. The van der Waals surface area contributed by atoms with Gasteiger partial charge in [-0.25, -0.2) is 5.84 Å². The molecule has 0 radical (unpaired) electrons. The lowest BCUT2D eigenvalue weighted by atomic mass is 10.1. The summed E-state index contributed by atoms with van der Waals surface area (Å²) in [6.07, 6.45) is 0.316. The molecule has 0 atom stereocenters. The number of nitrogens with two attached hydrogens (primary N) is 1. The second kappa shape index (κ2) is 7.81. The molecule has 0 saturated carbocycles. The van der Waals surface area contributed by atoms with Crippen LogP contribution in [0.15, 0.2) is 24.3 Å². The number of likely N-dealkylation sites (N-methyl/N-ethyl adjacent to an activating group) is 1. The highest BCUT2D eigenvalue weighted by Gasteiger charge is 2.03. The number of carbonyl (C=O) groups is 1. The van der Waals surface area contributed by atoms with Crippen molar-refractivity contribution in [1.82, 2.24) is 10.3 Å². The minimum atomic E-state index is -0.181. The highest BCUT2D eigenvalue weighted by Crippen LogP contribution is 2.07. The van der Waals surface area contributed by atoms with E-state index in [1.807, 2.05) is 24.3 Å². The van der Waals surface area contributed by atoms with Gasteiger partial charge in [0, 0.05) is 20.2 Å². The van der Waals surface area contributed by atoms with Crippen LogP contribution in [0, 0.1) is 0 Å². The van der Waals surface area contributed by atoms with Gasteiger partial charge in [-0.15, -0.1) is 0 Å². The van der Waals surface area contributed by atoms with E-state index in [1.165, 1.54) is 5.56 Å². The fourth-order valence-corrected chi connectivity index (χ4v) is 1.64. The van der Waals surface area contributed by atoms with E-state index in [9.17, 15) is 4.79 Å². The number of amides is 1. The van der Waals surface area contributed by atoms with Crippen molar-refractivity contribution < 1.29 is 9.53 Å². The molecule has 0 bridgehead atoms. The zero-order chi connectivity index (χ0) is 13.4. The molecule has 100 valence electrons. The summed E-state index contributed by atoms with van der Waals surface area (Å²) in [5, 5.41) is 0. The molecular formula is C13H21N3O2. The molecule has 3 N–H and O–H groups in total. The van der Waals surface area contributed by atoms with E-state index in [0.717, 1.165) is 25.3 Å². The number of hydrogen-bond acceptors (Lipinski definition) is 4. The predicted molar refractivity (Wildman–Crippen MR) is 70.7 cm³/mol. The summed E-state index contributed by atoms with van der Waals surface area (Å²) >= 11 is 0. The average molecular weight is 251 g/mol. The van der Waals surface area contributed by atoms with Crippen LogP contribution in [0.3, 0.4) is 0 Å². The minimum absolute atomic E-state index is 0.181. The Morgan fingerprint density at radius 2 is 1.94 bits per heavy atom. The van der Waals surface area contributed by atoms with E-state index in [1.54, 1.807) is 7.11 Å². The predicted octanol–water partition coefficient (Wildman–Crippen LogP) is 0.297. The molecule has 0 aliphatic rings. The molecule has 18 heavy (non-hydrogen) atoms. The topological polar surface area (TPSA) is 67.6 Å². The molecule has 5 nitrogen and oxygen atoms in total. The average Bonchev–Trinajstić information content (AvgIpc) is 2.38. The van der Waals surface area contributed by atoms with Gasteiger partial charge < -0.3 is 4.74 Å². The molecule has 1 aromatic carbocycles. The van der Waals surface area contributed by atoms with Crippen LogP contribution >= 0.6 is 0 Å². The van der Waals surface area contributed by atoms with Crippen molar-refractivity contribution in [1.29, 1.82) is 0 Å². The van der Waals surface area contributed by atoms with Crippen LogP contribution in [0.1, 0.15) is 11.1 Å². The SMILES string of the molecule is COCCN(C)Cc1ccc(CC(=O)NN)cc1. The van der Waals surface area contributed by atoms with Crippen molar-refractivity contribution >= 4 is 5.91 Å². The first-order valence-corrected chi connectivity index (χ1v) is 5.90. The largest absolute Gasteiger partial charge is 0.383 e. The molecule has 0 aliphatic carbocycles. The van der Waals surface area contributed by atoms with E-state index in [0.29, 0.717) is 6.42 Å². The maximum Gasteiger partial charge on any atom is 0.238 e. The van der Waals surface area contributed by atoms with Crippen LogP contribution in [0.25, 0.3) is 0 Å². The summed E-state index contributed by atoms with van der Waals surface area (Å²) in [4.78, 5) is 13.3. The van der Waals surface area contributed by atoms with Crippen LogP contribution in [-0.4, -0.2) is 38.1 Å². The molecular weight excluding hydrogens is 230 g/mol. The molecule has 0 aliphatic heterocycles. The lowest BCUT2D eigenvalue weighted by Gasteiger charge is -2.16. The molecule has 0 heterocycles. The second-order valence-corrected chi connectivity index (χ2v) is 4.29. The van der Waals surface area contributed by atoms with E-state index in [4.69, 9.17) is 10.6 Å². The number of hydrogen-bond donors (Lipinski definition) is 2. The lowest BCUT2D eigenvalue weighted by molar-refractivity contribution is -0.120. The Morgan fingerprint density at radius 1 is 1.33 bits per heavy atom. The number of methoxy groups -OCH3 is 1. The van der Waals surface area contributed by atoms with Gasteiger partial charge in [-0.1, -0.05) is 24.3 Å². The smallest absolute Gasteiger partial charge is 0.238 e. The highest BCUT2D eigenvalue weighted by atomic mass is 16.5. The van der Waals surface area contributed by atoms with E-state index >= 15 is 0 Å². The molecule has 0 saturated heterocycles. The van der Waals surface area contributed by atoms with Gasteiger partial charge in [-0.2, -0.15) is 0 Å². The quantitative estimate of drug-likeness (QED) is 0.415. The van der Waals surface area contributed by atoms with Crippen molar-refractivity contribution in [2.75, 3.05) is 27.3 Å². The fourth-order valence-electron chi connectivity index (χ4n) is 1.64. The number of benzene rings is 1. The lowest BCUT2D eigenvalue weighted by Crippen LogP contribution is -2.31. The summed E-state index contributed by atoms with van der Waals surface area (Å²) < 4.78 is 5.03. The van der Waals surface area contributed by atoms with Crippen molar-refractivity contribution in [3.8, 4) is 0 Å². The standard InChI is InChI=1S/C13H21N3O2/c1-16(7-8-18-2)10-12-5-3-11(4-6-12)9-13(17)15-14/h3-6H,7-10,14H2,1-2H3,(H,15,17). The number of nitrogens with one attached hydrogen (secondary N) is 1. The van der Waals surface area contributed by atoms with Crippen molar-refractivity contribution in [2.45, 2.75) is 13.0 Å². The Kier molecular flexibility index (Phi) is 6.35. The zero-order valence-electron chi connectivity index (χ0n) is 11.0. The first kappa shape index (κ1) is 14.6. The van der Waals surface area contributed by atoms with Crippen molar-refractivity contribution in [2.24, 2.45) is 5.84 Å². The van der Waals surface area contributed by atoms with E-state index in [-0.39, 0.29) is 5.91 Å². The molecule has 1 rings (SSSR count). The minimum Gasteiger partial charge on any atom is -0.383 e. The summed E-state index contributed by atoms with van der Waals surface area (Å²) in [5.41, 5.74) is 4.30.